The molecule has 1 aliphatic heterocycles. The zero-order chi connectivity index (χ0) is 32.3. The van der Waals surface area contributed by atoms with Crippen LogP contribution in [-0.4, -0.2) is 90.4 Å². The van der Waals surface area contributed by atoms with Gasteiger partial charge < -0.3 is 30.6 Å². The standard InChI is InChI=1S/C30H45N3O9S/c1-2-3-4-5-6-7-8-9-10-11-12-13-16-24(23(34)15-14-17-26(36)37)43-21-30(31,29(42)32-20-27(38)39)33-22(28(40)41)18-19-25(33)35/h6-7,9-13,16,22-24,34H,2-5,8,14-15,17-21,31H2,1H3,(H,32,42)(H,36,37)(H,38,39)(H,40,41)/b7-6-,10-9+,12-11-,16-13-/t22-,23-,24+,30-/m0/s1. The summed E-state index contributed by atoms with van der Waals surface area (Å²) in [5.41, 5.74) is 4.18. The van der Waals surface area contributed by atoms with E-state index in [9.17, 15) is 34.2 Å². The minimum atomic E-state index is -2.23. The minimum absolute atomic E-state index is 0.0713. The van der Waals surface area contributed by atoms with Crippen LogP contribution in [0.15, 0.2) is 48.6 Å². The highest BCUT2D eigenvalue weighted by atomic mass is 32.2. The number of nitrogens with one attached hydrogen (secondary N) is 1. The minimum Gasteiger partial charge on any atom is -0.481 e. The van der Waals surface area contributed by atoms with Crippen molar-refractivity contribution >= 4 is 41.5 Å². The van der Waals surface area contributed by atoms with Gasteiger partial charge in [-0.1, -0.05) is 68.4 Å². The molecule has 0 saturated carbocycles. The Kier molecular flexibility index (Phi) is 17.9. The van der Waals surface area contributed by atoms with E-state index in [1.54, 1.807) is 24.3 Å². The number of unbranched alkanes of at least 4 members (excludes halogenated alkanes) is 3. The van der Waals surface area contributed by atoms with Crippen molar-refractivity contribution in [1.29, 1.82) is 0 Å². The molecule has 13 heteroatoms. The van der Waals surface area contributed by atoms with Crippen LogP contribution in [0.2, 0.25) is 0 Å². The molecule has 0 aromatic heterocycles. The normalized spacial score (nSPS) is 18.5. The Bertz CT molecular complexity index is 1060. The average molecular weight is 624 g/mol. The van der Waals surface area contributed by atoms with Crippen LogP contribution < -0.4 is 11.1 Å². The topological polar surface area (TPSA) is 208 Å². The predicted molar refractivity (Wildman–Crippen MR) is 164 cm³/mol. The number of hydrogen-bond acceptors (Lipinski definition) is 8. The molecule has 240 valence electrons. The van der Waals surface area contributed by atoms with Crippen molar-refractivity contribution in [2.24, 2.45) is 5.73 Å². The first kappa shape index (κ1) is 37.6. The van der Waals surface area contributed by atoms with Gasteiger partial charge in [-0.3, -0.25) is 24.9 Å². The largest absolute Gasteiger partial charge is 0.481 e. The summed E-state index contributed by atoms with van der Waals surface area (Å²) in [6, 6.07) is -1.39. The van der Waals surface area contributed by atoms with Crippen LogP contribution >= 0.6 is 11.8 Å². The number of hydrogen-bond donors (Lipinski definition) is 6. The Morgan fingerprint density at radius 3 is 2.42 bits per heavy atom. The number of carboxylic acids is 3. The van der Waals surface area contributed by atoms with Crippen LogP contribution in [0.3, 0.4) is 0 Å². The van der Waals surface area contributed by atoms with E-state index in [4.69, 9.17) is 15.9 Å². The van der Waals surface area contributed by atoms with E-state index in [-0.39, 0.29) is 37.9 Å². The fourth-order valence-electron chi connectivity index (χ4n) is 4.38. The number of amides is 2. The maximum Gasteiger partial charge on any atom is 0.326 e. The lowest BCUT2D eigenvalue weighted by atomic mass is 10.1. The highest BCUT2D eigenvalue weighted by Gasteiger charge is 2.51. The number of aliphatic hydroxyl groups excluding tert-OH is 1. The molecule has 0 unspecified atom stereocenters. The van der Waals surface area contributed by atoms with E-state index in [1.165, 1.54) is 19.3 Å². The fraction of sp³-hybridized carbons (Fsp3) is 0.567. The zero-order valence-corrected chi connectivity index (χ0v) is 25.4. The summed E-state index contributed by atoms with van der Waals surface area (Å²) in [6.45, 7) is 1.37. The van der Waals surface area contributed by atoms with Gasteiger partial charge in [0.05, 0.1) is 6.10 Å². The van der Waals surface area contributed by atoms with Gasteiger partial charge >= 0.3 is 17.9 Å². The smallest absolute Gasteiger partial charge is 0.326 e. The first-order valence-electron chi connectivity index (χ1n) is 14.4. The molecule has 2 amide bonds. The zero-order valence-electron chi connectivity index (χ0n) is 24.6. The summed E-state index contributed by atoms with van der Waals surface area (Å²) in [4.78, 5) is 60.4. The van der Waals surface area contributed by atoms with E-state index < -0.39 is 59.3 Å². The van der Waals surface area contributed by atoms with Crippen molar-refractivity contribution in [2.75, 3.05) is 12.3 Å². The van der Waals surface area contributed by atoms with E-state index in [2.05, 4.69) is 24.4 Å². The molecule has 12 nitrogen and oxygen atoms in total. The molecule has 0 bridgehead atoms. The number of aliphatic hydroxyl groups is 1. The molecule has 0 aliphatic carbocycles. The third-order valence-corrected chi connectivity index (χ3v) is 8.13. The molecule has 1 fully saturated rings. The van der Waals surface area contributed by atoms with Crippen molar-refractivity contribution in [3.63, 3.8) is 0 Å². The molecule has 1 aliphatic rings. The molecule has 1 saturated heterocycles. The first-order chi connectivity index (χ1) is 20.4. The van der Waals surface area contributed by atoms with Crippen molar-refractivity contribution in [2.45, 2.75) is 94.2 Å². The van der Waals surface area contributed by atoms with Gasteiger partial charge in [0.1, 0.15) is 12.6 Å². The van der Waals surface area contributed by atoms with Gasteiger partial charge in [0.15, 0.2) is 5.66 Å². The van der Waals surface area contributed by atoms with Crippen LogP contribution in [0.4, 0.5) is 0 Å². The molecular weight excluding hydrogens is 578 g/mol. The number of carbonyl (C=O) groups excluding carboxylic acids is 2. The molecule has 0 spiro atoms. The van der Waals surface area contributed by atoms with Crippen molar-refractivity contribution in [1.82, 2.24) is 10.2 Å². The monoisotopic (exact) mass is 623 g/mol. The van der Waals surface area contributed by atoms with Gasteiger partial charge in [-0.15, -0.1) is 11.8 Å². The third-order valence-electron chi connectivity index (χ3n) is 6.67. The molecule has 43 heavy (non-hydrogen) atoms. The van der Waals surface area contributed by atoms with Crippen molar-refractivity contribution in [3.05, 3.63) is 48.6 Å². The van der Waals surface area contributed by atoms with Gasteiger partial charge in [-0.05, 0) is 38.5 Å². The molecule has 1 heterocycles. The molecule has 7 N–H and O–H groups in total. The number of nitrogens with two attached hydrogens (primary N) is 1. The number of allylic oxidation sites excluding steroid dienone is 7. The number of nitrogens with zero attached hydrogens (tertiary/aromatic N) is 1. The third kappa shape index (κ3) is 14.1. The average Bonchev–Trinajstić information content (AvgIpc) is 3.35. The van der Waals surface area contributed by atoms with E-state index in [0.717, 1.165) is 29.5 Å². The Morgan fingerprint density at radius 2 is 1.77 bits per heavy atom. The maximum atomic E-state index is 13.1. The Morgan fingerprint density at radius 1 is 1.05 bits per heavy atom. The van der Waals surface area contributed by atoms with Crippen LogP contribution in [0, 0.1) is 0 Å². The molecule has 4 atom stereocenters. The van der Waals surface area contributed by atoms with E-state index in [0.29, 0.717) is 0 Å². The number of carbonyl (C=O) groups is 5. The second-order valence-electron chi connectivity index (χ2n) is 10.2. The highest BCUT2D eigenvalue weighted by molar-refractivity contribution is 8.00. The fourth-order valence-corrected chi connectivity index (χ4v) is 5.66. The van der Waals surface area contributed by atoms with Crippen molar-refractivity contribution < 1.29 is 44.4 Å². The predicted octanol–water partition coefficient (Wildman–Crippen LogP) is 2.83. The summed E-state index contributed by atoms with van der Waals surface area (Å²) in [6.07, 6.45) is 19.2. The van der Waals surface area contributed by atoms with Crippen LogP contribution in [0.25, 0.3) is 0 Å². The van der Waals surface area contributed by atoms with Gasteiger partial charge in [-0.25, -0.2) is 4.79 Å². The second-order valence-corrected chi connectivity index (χ2v) is 11.4. The van der Waals surface area contributed by atoms with Crippen LogP contribution in [-0.2, 0) is 24.0 Å². The quantitative estimate of drug-likeness (QED) is 0.0587. The number of likely N-dealkylation sites (tertiary alicyclic amines) is 1. The molecule has 0 radical (unpaired) electrons. The van der Waals surface area contributed by atoms with Crippen LogP contribution in [0.1, 0.15) is 71.1 Å². The molecular formula is C30H45N3O9S. The Balaban J connectivity index is 3.07. The molecule has 0 aromatic rings. The van der Waals surface area contributed by atoms with Crippen LogP contribution in [0.5, 0.6) is 0 Å². The Hall–Kier alpha value is -3.42. The summed E-state index contributed by atoms with van der Waals surface area (Å²) < 4.78 is 0. The van der Waals surface area contributed by atoms with E-state index in [1.807, 2.05) is 12.2 Å². The number of rotatable bonds is 22. The second kappa shape index (κ2) is 20.5. The molecule has 0 aromatic carbocycles. The lowest BCUT2D eigenvalue weighted by Gasteiger charge is -2.39. The number of thioether (sulfide) groups is 1. The number of carboxylic acid groups (broad SMARTS) is 3. The van der Waals surface area contributed by atoms with Gasteiger partial charge in [0, 0.05) is 23.8 Å². The molecule has 1 rings (SSSR count). The van der Waals surface area contributed by atoms with Gasteiger partial charge in [0.25, 0.3) is 5.91 Å². The lowest BCUT2D eigenvalue weighted by molar-refractivity contribution is -0.155. The maximum absolute atomic E-state index is 13.1. The van der Waals surface area contributed by atoms with Crippen molar-refractivity contribution in [3.8, 4) is 0 Å². The lowest BCUT2D eigenvalue weighted by Crippen LogP contribution is -2.70. The SMILES string of the molecule is CCCCC/C=C\C/C=C/C=C\C=C/[C@@H](SC[C@@](N)(C(=O)NCC(=O)O)N1C(=O)CC[C@H]1C(=O)O)[C@@H](O)CCCC(=O)O. The number of aliphatic carboxylic acids is 3. The summed E-state index contributed by atoms with van der Waals surface area (Å²) in [5, 5.41) is 39.9. The Labute approximate surface area is 256 Å². The first-order valence-corrected chi connectivity index (χ1v) is 15.5. The highest BCUT2D eigenvalue weighted by Crippen LogP contribution is 2.31. The van der Waals surface area contributed by atoms with E-state index >= 15 is 0 Å². The summed E-state index contributed by atoms with van der Waals surface area (Å²) in [7, 11) is 0. The summed E-state index contributed by atoms with van der Waals surface area (Å²) >= 11 is 0.978. The van der Waals surface area contributed by atoms with Gasteiger partial charge in [-0.2, -0.15) is 0 Å². The summed E-state index contributed by atoms with van der Waals surface area (Å²) in [5.74, 6) is -5.80. The van der Waals surface area contributed by atoms with Gasteiger partial charge in [0.2, 0.25) is 5.91 Å².